The highest BCUT2D eigenvalue weighted by Crippen LogP contribution is 2.19. The predicted octanol–water partition coefficient (Wildman–Crippen LogP) is 2.22. The molecule has 0 aliphatic carbocycles. The number of rotatable bonds is 6. The van der Waals surface area contributed by atoms with Crippen molar-refractivity contribution in [1.82, 2.24) is 5.32 Å². The first-order valence-electron chi connectivity index (χ1n) is 6.71. The molecule has 0 bridgehead atoms. The van der Waals surface area contributed by atoms with Crippen LogP contribution in [-0.4, -0.2) is 18.5 Å². The van der Waals surface area contributed by atoms with Crippen LogP contribution < -0.4 is 11.1 Å². The van der Waals surface area contributed by atoms with E-state index in [1.165, 1.54) is 0 Å². The molecule has 0 aliphatic heterocycles. The molecule has 0 unspecified atom stereocenters. The molecule has 4 heteroatoms. The summed E-state index contributed by atoms with van der Waals surface area (Å²) in [6.45, 7) is 2.53. The van der Waals surface area contributed by atoms with Gasteiger partial charge in [0.1, 0.15) is 11.3 Å². The molecule has 0 aliphatic rings. The van der Waals surface area contributed by atoms with Crippen molar-refractivity contribution < 1.29 is 9.21 Å². The molecule has 0 saturated carbocycles. The van der Waals surface area contributed by atoms with Crippen LogP contribution in [0.3, 0.4) is 0 Å². The zero-order valence-electron chi connectivity index (χ0n) is 11.2. The molecule has 0 radical (unpaired) electrons. The van der Waals surface area contributed by atoms with Gasteiger partial charge < -0.3 is 15.5 Å². The standard InChI is InChI=1S/C15H20N2O2/c1-2-13(16)15(18)17-9-5-7-12-10-11-6-3-4-8-14(11)19-12/h3-4,6,8,10,13H,2,5,7,9,16H2,1H3,(H,17,18)/t13-/m0/s1. The van der Waals surface area contributed by atoms with Gasteiger partial charge in [-0.05, 0) is 25.0 Å². The van der Waals surface area contributed by atoms with Gasteiger partial charge in [-0.15, -0.1) is 0 Å². The topological polar surface area (TPSA) is 68.3 Å². The van der Waals surface area contributed by atoms with Gasteiger partial charge in [-0.1, -0.05) is 25.1 Å². The van der Waals surface area contributed by atoms with Crippen molar-refractivity contribution in [3.63, 3.8) is 0 Å². The Morgan fingerprint density at radius 1 is 1.42 bits per heavy atom. The fraction of sp³-hybridized carbons (Fsp3) is 0.400. The number of para-hydroxylation sites is 1. The zero-order chi connectivity index (χ0) is 13.7. The van der Waals surface area contributed by atoms with Gasteiger partial charge in [0.15, 0.2) is 0 Å². The van der Waals surface area contributed by atoms with Crippen LogP contribution >= 0.6 is 0 Å². The highest BCUT2D eigenvalue weighted by atomic mass is 16.3. The third-order valence-electron chi connectivity index (χ3n) is 3.15. The van der Waals surface area contributed by atoms with E-state index in [1.807, 2.05) is 31.2 Å². The number of hydrogen-bond donors (Lipinski definition) is 2. The van der Waals surface area contributed by atoms with Gasteiger partial charge in [0.25, 0.3) is 0 Å². The van der Waals surface area contributed by atoms with Gasteiger partial charge in [-0.3, -0.25) is 4.79 Å². The lowest BCUT2D eigenvalue weighted by Crippen LogP contribution is -2.40. The maximum absolute atomic E-state index is 11.5. The second kappa shape index (κ2) is 6.38. The molecule has 102 valence electrons. The first-order chi connectivity index (χ1) is 9.20. The van der Waals surface area contributed by atoms with Crippen molar-refractivity contribution >= 4 is 16.9 Å². The molecule has 4 nitrogen and oxygen atoms in total. The Morgan fingerprint density at radius 2 is 2.21 bits per heavy atom. The maximum atomic E-state index is 11.5. The number of nitrogens with one attached hydrogen (secondary N) is 1. The number of carbonyl (C=O) groups is 1. The van der Waals surface area contributed by atoms with Crippen LogP contribution in [-0.2, 0) is 11.2 Å². The summed E-state index contributed by atoms with van der Waals surface area (Å²) in [5.41, 5.74) is 6.54. The maximum Gasteiger partial charge on any atom is 0.236 e. The lowest BCUT2D eigenvalue weighted by atomic mass is 10.2. The van der Waals surface area contributed by atoms with Crippen molar-refractivity contribution in [2.24, 2.45) is 5.73 Å². The Bertz CT molecular complexity index is 515. The average molecular weight is 260 g/mol. The lowest BCUT2D eigenvalue weighted by Gasteiger charge is -2.09. The summed E-state index contributed by atoms with van der Waals surface area (Å²) in [6, 6.07) is 9.60. The molecule has 1 amide bonds. The average Bonchev–Trinajstić information content (AvgIpc) is 2.85. The van der Waals surface area contributed by atoms with E-state index >= 15 is 0 Å². The summed E-state index contributed by atoms with van der Waals surface area (Å²) in [4.78, 5) is 11.5. The third-order valence-corrected chi connectivity index (χ3v) is 3.15. The van der Waals surface area contributed by atoms with Crippen LogP contribution in [0.5, 0.6) is 0 Å². The molecule has 1 aromatic heterocycles. The minimum Gasteiger partial charge on any atom is -0.461 e. The molecule has 0 saturated heterocycles. The third kappa shape index (κ3) is 3.58. The van der Waals surface area contributed by atoms with Crippen molar-refractivity contribution in [2.45, 2.75) is 32.2 Å². The molecule has 1 aromatic carbocycles. The minimum atomic E-state index is -0.397. The van der Waals surface area contributed by atoms with E-state index in [0.717, 1.165) is 29.6 Å². The quantitative estimate of drug-likeness (QED) is 0.782. The van der Waals surface area contributed by atoms with Crippen LogP contribution in [0.1, 0.15) is 25.5 Å². The molecule has 2 aromatic rings. The Balaban J connectivity index is 1.78. The highest BCUT2D eigenvalue weighted by Gasteiger charge is 2.09. The Labute approximate surface area is 113 Å². The Kier molecular flexibility index (Phi) is 4.58. The van der Waals surface area contributed by atoms with Crippen LogP contribution in [0.2, 0.25) is 0 Å². The van der Waals surface area contributed by atoms with Crippen LogP contribution in [0.25, 0.3) is 11.0 Å². The predicted molar refractivity (Wildman–Crippen MR) is 75.8 cm³/mol. The molecular weight excluding hydrogens is 240 g/mol. The normalized spacial score (nSPS) is 12.5. The highest BCUT2D eigenvalue weighted by molar-refractivity contribution is 5.81. The van der Waals surface area contributed by atoms with Crippen molar-refractivity contribution in [1.29, 1.82) is 0 Å². The van der Waals surface area contributed by atoms with E-state index < -0.39 is 6.04 Å². The van der Waals surface area contributed by atoms with Gasteiger partial charge in [0.2, 0.25) is 5.91 Å². The van der Waals surface area contributed by atoms with Crippen LogP contribution in [0, 0.1) is 0 Å². The fourth-order valence-electron chi connectivity index (χ4n) is 1.95. The van der Waals surface area contributed by atoms with E-state index in [4.69, 9.17) is 10.2 Å². The number of furan rings is 1. The zero-order valence-corrected chi connectivity index (χ0v) is 11.2. The van der Waals surface area contributed by atoms with E-state index in [-0.39, 0.29) is 5.91 Å². The van der Waals surface area contributed by atoms with E-state index in [1.54, 1.807) is 0 Å². The molecule has 2 rings (SSSR count). The molecule has 19 heavy (non-hydrogen) atoms. The summed E-state index contributed by atoms with van der Waals surface area (Å²) in [7, 11) is 0. The van der Waals surface area contributed by atoms with E-state index in [2.05, 4.69) is 11.4 Å². The molecule has 0 spiro atoms. The van der Waals surface area contributed by atoms with Gasteiger partial charge in [0, 0.05) is 18.4 Å². The SMILES string of the molecule is CC[C@H](N)C(=O)NCCCc1cc2ccccc2o1. The number of hydrogen-bond acceptors (Lipinski definition) is 3. The lowest BCUT2D eigenvalue weighted by molar-refractivity contribution is -0.122. The van der Waals surface area contributed by atoms with Gasteiger partial charge in [0.05, 0.1) is 6.04 Å². The fourth-order valence-corrected chi connectivity index (χ4v) is 1.95. The number of carbonyl (C=O) groups excluding carboxylic acids is 1. The first kappa shape index (κ1) is 13.6. The molecule has 1 heterocycles. The van der Waals surface area contributed by atoms with Gasteiger partial charge in [-0.25, -0.2) is 0 Å². The second-order valence-corrected chi connectivity index (χ2v) is 4.66. The number of nitrogens with two attached hydrogens (primary N) is 1. The van der Waals surface area contributed by atoms with Crippen molar-refractivity contribution in [3.8, 4) is 0 Å². The molecule has 3 N–H and O–H groups in total. The second-order valence-electron chi connectivity index (χ2n) is 4.66. The minimum absolute atomic E-state index is 0.0768. The smallest absolute Gasteiger partial charge is 0.236 e. The summed E-state index contributed by atoms with van der Waals surface area (Å²) in [5, 5.41) is 3.95. The molecular formula is C15H20N2O2. The van der Waals surface area contributed by atoms with Crippen molar-refractivity contribution in [2.75, 3.05) is 6.54 Å². The number of benzene rings is 1. The summed E-state index contributed by atoms with van der Waals surface area (Å²) >= 11 is 0. The van der Waals surface area contributed by atoms with Crippen LogP contribution in [0.15, 0.2) is 34.7 Å². The summed E-state index contributed by atoms with van der Waals surface area (Å²) in [6.07, 6.45) is 2.33. The number of amides is 1. The largest absolute Gasteiger partial charge is 0.461 e. The number of fused-ring (bicyclic) bond motifs is 1. The van der Waals surface area contributed by atoms with E-state index in [0.29, 0.717) is 13.0 Å². The monoisotopic (exact) mass is 260 g/mol. The molecule has 1 atom stereocenters. The van der Waals surface area contributed by atoms with Crippen LogP contribution in [0.4, 0.5) is 0 Å². The van der Waals surface area contributed by atoms with Crippen molar-refractivity contribution in [3.05, 3.63) is 36.1 Å². The Morgan fingerprint density at radius 3 is 2.95 bits per heavy atom. The van der Waals surface area contributed by atoms with Gasteiger partial charge >= 0.3 is 0 Å². The number of aryl methyl sites for hydroxylation is 1. The van der Waals surface area contributed by atoms with E-state index in [9.17, 15) is 4.79 Å². The summed E-state index contributed by atoms with van der Waals surface area (Å²) < 4.78 is 5.71. The Hall–Kier alpha value is -1.81. The summed E-state index contributed by atoms with van der Waals surface area (Å²) in [5.74, 6) is 0.877. The molecule has 0 fully saturated rings. The first-order valence-corrected chi connectivity index (χ1v) is 6.71. The van der Waals surface area contributed by atoms with Gasteiger partial charge in [-0.2, -0.15) is 0 Å².